The largest absolute Gasteiger partial charge is 0.349 e. The number of unbranched alkanes of at least 4 members (excludes halogenated alkanes) is 1. The van der Waals surface area contributed by atoms with Crippen molar-refractivity contribution in [1.29, 1.82) is 0 Å². The predicted octanol–water partition coefficient (Wildman–Crippen LogP) is 3.87. The number of hydrogen-bond acceptors (Lipinski definition) is 7. The topological polar surface area (TPSA) is 171 Å². The van der Waals surface area contributed by atoms with E-state index in [2.05, 4.69) is 35.1 Å². The van der Waals surface area contributed by atoms with Crippen LogP contribution in [0.3, 0.4) is 0 Å². The lowest BCUT2D eigenvalue weighted by molar-refractivity contribution is -0.145. The van der Waals surface area contributed by atoms with E-state index in [1.165, 1.54) is 4.90 Å². The van der Waals surface area contributed by atoms with Crippen LogP contribution in [0.15, 0.2) is 0 Å². The molecule has 2 saturated carbocycles. The average Bonchev–Trinajstić information content (AvgIpc) is 3.30. The second-order valence-corrected chi connectivity index (χ2v) is 20.1. The molecule has 5 amide bonds. The maximum atomic E-state index is 14.4. The van der Waals surface area contributed by atoms with Gasteiger partial charge in [0.05, 0.1) is 22.1 Å². The molecule has 4 N–H and O–H groups in total. The molecular formula is C36H63N5O7S. The van der Waals surface area contributed by atoms with E-state index in [4.69, 9.17) is 0 Å². The van der Waals surface area contributed by atoms with E-state index in [9.17, 15) is 32.4 Å². The quantitative estimate of drug-likeness (QED) is 0.198. The lowest BCUT2D eigenvalue weighted by atomic mass is 9.83. The van der Waals surface area contributed by atoms with Crippen molar-refractivity contribution >= 4 is 39.4 Å². The molecule has 280 valence electrons. The van der Waals surface area contributed by atoms with Crippen molar-refractivity contribution in [2.24, 2.45) is 22.7 Å². The smallest absolute Gasteiger partial charge is 0.315 e. The standard InChI is InChI=1S/C36H63N5O7S/c1-11-13-17-24(27(42)30(44)37-20-12-2)38-29(43)26-25-23(35(25,9)10)21-41(26)31(45)28(33(3,4)5)39-32(46)40-36(18-15-14-16-19-36)22-49(47,48)34(6,7)8/h23-26,28H,11-22H2,1-10H3,(H,37,44)(H,38,43)(H2,39,40,46)/t23?,24?,25?,26-,28+/m0/s1. The van der Waals surface area contributed by atoms with Gasteiger partial charge in [-0.3, -0.25) is 19.2 Å². The van der Waals surface area contributed by atoms with Gasteiger partial charge in [-0.05, 0) is 69.1 Å². The first-order valence-electron chi connectivity index (χ1n) is 18.3. The van der Waals surface area contributed by atoms with E-state index in [1.54, 1.807) is 20.8 Å². The molecule has 1 heterocycles. The molecule has 0 radical (unpaired) electrons. The van der Waals surface area contributed by atoms with Gasteiger partial charge in [-0.25, -0.2) is 13.2 Å². The van der Waals surface area contributed by atoms with Gasteiger partial charge in [0.2, 0.25) is 17.6 Å². The van der Waals surface area contributed by atoms with Crippen LogP contribution in [0.2, 0.25) is 0 Å². The highest BCUT2D eigenvalue weighted by atomic mass is 32.2. The van der Waals surface area contributed by atoms with Gasteiger partial charge in [0.25, 0.3) is 5.91 Å². The minimum atomic E-state index is -3.56. The number of nitrogens with one attached hydrogen (secondary N) is 4. The Hall–Kier alpha value is -2.70. The Morgan fingerprint density at radius 3 is 2.04 bits per heavy atom. The average molecular weight is 710 g/mol. The highest BCUT2D eigenvalue weighted by Crippen LogP contribution is 2.65. The maximum absolute atomic E-state index is 14.4. The van der Waals surface area contributed by atoms with Gasteiger partial charge in [0.15, 0.2) is 9.84 Å². The molecule has 3 aliphatic rings. The molecule has 0 aromatic rings. The van der Waals surface area contributed by atoms with Crippen LogP contribution in [0.1, 0.15) is 127 Å². The van der Waals surface area contributed by atoms with E-state index in [0.29, 0.717) is 45.2 Å². The zero-order valence-corrected chi connectivity index (χ0v) is 32.4. The van der Waals surface area contributed by atoms with Crippen molar-refractivity contribution in [2.75, 3.05) is 18.8 Å². The van der Waals surface area contributed by atoms with Crippen LogP contribution in [0.25, 0.3) is 0 Å². The normalized spacial score (nSPS) is 24.2. The SMILES string of the molecule is CCCCC(NC(=O)[C@@H]1C2C(CN1C(=O)[C@@H](NC(=O)NC1(CS(=O)(=O)C(C)(C)C)CCCCC1)C(C)(C)C)C2(C)C)C(=O)C(=O)NCCC. The Balaban J connectivity index is 1.86. The van der Waals surface area contributed by atoms with Crippen molar-refractivity contribution in [3.8, 4) is 0 Å². The lowest BCUT2D eigenvalue weighted by Gasteiger charge is -2.41. The van der Waals surface area contributed by atoms with Crippen LogP contribution in [-0.2, 0) is 29.0 Å². The third kappa shape index (κ3) is 9.35. The number of amides is 5. The van der Waals surface area contributed by atoms with Gasteiger partial charge in [-0.2, -0.15) is 0 Å². The molecule has 0 aromatic heterocycles. The van der Waals surface area contributed by atoms with Crippen LogP contribution in [0.4, 0.5) is 4.79 Å². The molecule has 5 atom stereocenters. The summed E-state index contributed by atoms with van der Waals surface area (Å²) in [5, 5.41) is 11.3. The van der Waals surface area contributed by atoms with Crippen molar-refractivity contribution in [2.45, 2.75) is 155 Å². The first-order valence-corrected chi connectivity index (χ1v) is 19.9. The van der Waals surface area contributed by atoms with Crippen LogP contribution in [0.5, 0.6) is 0 Å². The summed E-state index contributed by atoms with van der Waals surface area (Å²) in [4.78, 5) is 69.5. The number of Topliss-reactive ketones (excluding diaryl/α,β-unsaturated/α-hetero) is 1. The summed E-state index contributed by atoms with van der Waals surface area (Å²) in [5.41, 5.74) is -1.91. The van der Waals surface area contributed by atoms with Crippen molar-refractivity contribution in [3.63, 3.8) is 0 Å². The molecule has 2 aliphatic carbocycles. The van der Waals surface area contributed by atoms with Gasteiger partial charge in [0.1, 0.15) is 12.1 Å². The summed E-state index contributed by atoms with van der Waals surface area (Å²) < 4.78 is 25.6. The maximum Gasteiger partial charge on any atom is 0.315 e. The van der Waals surface area contributed by atoms with Gasteiger partial charge < -0.3 is 26.2 Å². The number of fused-ring (bicyclic) bond motifs is 1. The monoisotopic (exact) mass is 709 g/mol. The van der Waals surface area contributed by atoms with E-state index >= 15 is 0 Å². The summed E-state index contributed by atoms with van der Waals surface area (Å²) >= 11 is 0. The molecule has 3 unspecified atom stereocenters. The predicted molar refractivity (Wildman–Crippen MR) is 190 cm³/mol. The summed E-state index contributed by atoms with van der Waals surface area (Å²) in [6, 6.07) is -3.53. The highest BCUT2D eigenvalue weighted by Gasteiger charge is 2.70. The van der Waals surface area contributed by atoms with Crippen LogP contribution in [0, 0.1) is 22.7 Å². The van der Waals surface area contributed by atoms with Crippen molar-refractivity contribution in [3.05, 3.63) is 0 Å². The number of sulfone groups is 1. The number of rotatable bonds is 14. The number of ketones is 1. The van der Waals surface area contributed by atoms with Gasteiger partial charge >= 0.3 is 6.03 Å². The van der Waals surface area contributed by atoms with E-state index in [0.717, 1.165) is 25.7 Å². The molecule has 0 aromatic carbocycles. The number of piperidine rings is 1. The third-order valence-corrected chi connectivity index (χ3v) is 13.8. The second kappa shape index (κ2) is 15.3. The Bertz CT molecular complexity index is 1360. The molecule has 3 fully saturated rings. The summed E-state index contributed by atoms with van der Waals surface area (Å²) in [5.74, 6) is -2.60. The van der Waals surface area contributed by atoms with Gasteiger partial charge in [-0.15, -0.1) is 0 Å². The number of nitrogens with zero attached hydrogens (tertiary/aromatic N) is 1. The number of urea groups is 1. The van der Waals surface area contributed by atoms with E-state index < -0.39 is 73.2 Å². The Kier molecular flexibility index (Phi) is 12.7. The van der Waals surface area contributed by atoms with Gasteiger partial charge in [-0.1, -0.05) is 80.6 Å². The number of likely N-dealkylation sites (tertiary alicyclic amines) is 1. The summed E-state index contributed by atoms with van der Waals surface area (Å²) in [6.45, 7) is 19.1. The molecule has 0 spiro atoms. The van der Waals surface area contributed by atoms with Crippen LogP contribution in [-0.4, -0.2) is 90.1 Å². The lowest BCUT2D eigenvalue weighted by Crippen LogP contribution is -2.64. The third-order valence-electron chi connectivity index (χ3n) is 11.0. The fraction of sp³-hybridized carbons (Fsp3) is 0.861. The minimum absolute atomic E-state index is 0.0624. The Morgan fingerprint density at radius 1 is 0.898 bits per heavy atom. The second-order valence-electron chi connectivity index (χ2n) is 17.3. The van der Waals surface area contributed by atoms with Gasteiger partial charge in [0, 0.05) is 13.1 Å². The summed E-state index contributed by atoms with van der Waals surface area (Å²) in [7, 11) is -3.56. The van der Waals surface area contributed by atoms with E-state index in [-0.39, 0.29) is 23.0 Å². The number of carbonyl (C=O) groups excluding carboxylic acids is 5. The molecule has 13 heteroatoms. The van der Waals surface area contributed by atoms with Crippen molar-refractivity contribution < 1.29 is 32.4 Å². The molecule has 1 saturated heterocycles. The zero-order chi connectivity index (χ0) is 37.2. The first-order chi connectivity index (χ1) is 22.5. The molecule has 0 bridgehead atoms. The van der Waals surface area contributed by atoms with Crippen LogP contribution >= 0.6 is 0 Å². The summed E-state index contributed by atoms with van der Waals surface area (Å²) in [6.07, 6.45) is 5.93. The fourth-order valence-electron chi connectivity index (χ4n) is 7.57. The highest BCUT2D eigenvalue weighted by molar-refractivity contribution is 7.92. The molecule has 49 heavy (non-hydrogen) atoms. The minimum Gasteiger partial charge on any atom is -0.349 e. The Morgan fingerprint density at radius 2 is 1.51 bits per heavy atom. The molecule has 1 aliphatic heterocycles. The Labute approximate surface area is 294 Å². The number of hydrogen-bond donors (Lipinski definition) is 4. The fourth-order valence-corrected chi connectivity index (χ4v) is 9.09. The van der Waals surface area contributed by atoms with E-state index in [1.807, 2.05) is 34.6 Å². The number of carbonyl (C=O) groups is 5. The zero-order valence-electron chi connectivity index (χ0n) is 31.6. The molecule has 12 nitrogen and oxygen atoms in total. The van der Waals surface area contributed by atoms with Crippen LogP contribution < -0.4 is 21.3 Å². The molecule has 3 rings (SSSR count). The molecular weight excluding hydrogens is 646 g/mol. The first kappa shape index (κ1) is 40.7. The van der Waals surface area contributed by atoms with Crippen molar-refractivity contribution in [1.82, 2.24) is 26.2 Å².